The third-order valence-corrected chi connectivity index (χ3v) is 5.69. The average molecular weight is 404 g/mol. The molecule has 0 N–H and O–H groups in total. The second kappa shape index (κ2) is 9.06. The van der Waals surface area contributed by atoms with Gasteiger partial charge in [-0.2, -0.15) is 0 Å². The summed E-state index contributed by atoms with van der Waals surface area (Å²) in [6, 6.07) is 7.60. The quantitative estimate of drug-likeness (QED) is 0.694. The van der Waals surface area contributed by atoms with Crippen LogP contribution >= 0.6 is 0 Å². The van der Waals surface area contributed by atoms with Gasteiger partial charge in [0.25, 0.3) is 0 Å². The summed E-state index contributed by atoms with van der Waals surface area (Å²) in [5, 5.41) is 0. The van der Waals surface area contributed by atoms with Gasteiger partial charge in [0.2, 0.25) is 0 Å². The molecule has 2 fully saturated rings. The van der Waals surface area contributed by atoms with Gasteiger partial charge >= 0.3 is 6.09 Å². The van der Waals surface area contributed by atoms with Crippen LogP contribution in [0.3, 0.4) is 0 Å². The van der Waals surface area contributed by atoms with Crippen LogP contribution in [0.1, 0.15) is 59.3 Å². The van der Waals surface area contributed by atoms with Gasteiger partial charge in [-0.1, -0.05) is 6.07 Å². The van der Waals surface area contributed by atoms with Gasteiger partial charge in [-0.25, -0.2) is 4.79 Å². The first-order valence-corrected chi connectivity index (χ1v) is 10.6. The maximum absolute atomic E-state index is 12.8. The number of hydrogen-bond acceptors (Lipinski definition) is 5. The predicted molar refractivity (Wildman–Crippen MR) is 110 cm³/mol. The first-order chi connectivity index (χ1) is 13.8. The average Bonchev–Trinajstić information content (AvgIpc) is 2.65. The molecule has 2 aliphatic heterocycles. The van der Waals surface area contributed by atoms with Crippen molar-refractivity contribution in [2.75, 3.05) is 13.7 Å². The minimum Gasteiger partial charge on any atom is -0.497 e. The summed E-state index contributed by atoms with van der Waals surface area (Å²) >= 11 is 0. The number of methoxy groups -OCH3 is 1. The molecule has 3 rings (SSSR count). The smallest absolute Gasteiger partial charge is 0.410 e. The van der Waals surface area contributed by atoms with E-state index in [9.17, 15) is 9.59 Å². The normalized spacial score (nSPS) is 24.0. The van der Waals surface area contributed by atoms with Crippen LogP contribution in [0.5, 0.6) is 11.5 Å². The molecule has 1 aromatic carbocycles. The molecular weight excluding hydrogens is 370 g/mol. The summed E-state index contributed by atoms with van der Waals surface area (Å²) in [7, 11) is 1.61. The van der Waals surface area contributed by atoms with Crippen molar-refractivity contribution < 1.29 is 23.8 Å². The molecule has 0 saturated carbocycles. The zero-order valence-electron chi connectivity index (χ0n) is 18.0. The molecule has 0 aromatic heterocycles. The Balaban J connectivity index is 1.53. The monoisotopic (exact) mass is 403 g/mol. The summed E-state index contributed by atoms with van der Waals surface area (Å²) in [4.78, 5) is 27.4. The van der Waals surface area contributed by atoms with E-state index >= 15 is 0 Å². The molecule has 6 heteroatoms. The van der Waals surface area contributed by atoms with Crippen LogP contribution < -0.4 is 9.47 Å². The van der Waals surface area contributed by atoms with E-state index in [4.69, 9.17) is 14.2 Å². The van der Waals surface area contributed by atoms with Gasteiger partial charge in [-0.05, 0) is 65.0 Å². The van der Waals surface area contributed by atoms with Crippen LogP contribution in [0.4, 0.5) is 4.79 Å². The largest absolute Gasteiger partial charge is 0.497 e. The van der Waals surface area contributed by atoms with Gasteiger partial charge in [0.15, 0.2) is 0 Å². The highest BCUT2D eigenvalue weighted by Crippen LogP contribution is 2.38. The van der Waals surface area contributed by atoms with Gasteiger partial charge in [-0.15, -0.1) is 0 Å². The summed E-state index contributed by atoms with van der Waals surface area (Å²) in [6.07, 6.45) is 4.60. The highest BCUT2D eigenvalue weighted by atomic mass is 16.6. The molecule has 0 radical (unpaired) electrons. The Bertz CT molecular complexity index is 712. The van der Waals surface area contributed by atoms with Crippen molar-refractivity contribution in [3.8, 4) is 11.5 Å². The van der Waals surface area contributed by atoms with E-state index in [-0.39, 0.29) is 29.9 Å². The molecule has 2 bridgehead atoms. The topological polar surface area (TPSA) is 65.1 Å². The van der Waals surface area contributed by atoms with Gasteiger partial charge in [-0.3, -0.25) is 4.79 Å². The Labute approximate surface area is 173 Å². The zero-order chi connectivity index (χ0) is 21.0. The van der Waals surface area contributed by atoms with Crippen LogP contribution in [0.15, 0.2) is 24.3 Å². The molecule has 2 saturated heterocycles. The van der Waals surface area contributed by atoms with Gasteiger partial charge in [0.1, 0.15) is 22.9 Å². The maximum Gasteiger partial charge on any atom is 0.410 e. The lowest BCUT2D eigenvalue weighted by Crippen LogP contribution is -2.56. The highest BCUT2D eigenvalue weighted by Gasteiger charge is 2.44. The number of rotatable bonds is 6. The van der Waals surface area contributed by atoms with Gasteiger partial charge in [0, 0.05) is 30.5 Å². The summed E-state index contributed by atoms with van der Waals surface area (Å²) in [5.41, 5.74) is -0.504. The molecule has 2 aliphatic rings. The standard InChI is InChI=1S/C23H33NO5/c1-23(2,3)29-22(26)24-17-7-5-8-18(24)14-16(13-17)21(25)11-12-28-20-10-6-9-19(15-20)27-4/h6,9-10,15-18H,5,7-8,11-14H2,1-4H3. The molecule has 0 spiro atoms. The number of amides is 1. The molecule has 2 heterocycles. The van der Waals surface area contributed by atoms with Crippen molar-refractivity contribution in [2.45, 2.75) is 77.0 Å². The second-order valence-electron chi connectivity index (χ2n) is 9.04. The van der Waals surface area contributed by atoms with E-state index in [2.05, 4.69) is 0 Å². The Morgan fingerprint density at radius 2 is 1.76 bits per heavy atom. The number of ketones is 1. The Hall–Kier alpha value is -2.24. The minimum absolute atomic E-state index is 0.00195. The molecule has 0 aliphatic carbocycles. The maximum atomic E-state index is 12.8. The van der Waals surface area contributed by atoms with Crippen molar-refractivity contribution in [1.82, 2.24) is 4.90 Å². The van der Waals surface area contributed by atoms with E-state index in [1.165, 1.54) is 0 Å². The van der Waals surface area contributed by atoms with Crippen molar-refractivity contribution in [1.29, 1.82) is 0 Å². The summed E-state index contributed by atoms with van der Waals surface area (Å²) in [5.74, 6) is 1.66. The lowest BCUT2D eigenvalue weighted by atomic mass is 9.76. The van der Waals surface area contributed by atoms with Crippen LogP contribution in [0, 0.1) is 5.92 Å². The number of carbonyl (C=O) groups is 2. The van der Waals surface area contributed by atoms with E-state index in [0.717, 1.165) is 37.9 Å². The van der Waals surface area contributed by atoms with Gasteiger partial charge in [0.05, 0.1) is 13.7 Å². The van der Waals surface area contributed by atoms with Crippen LogP contribution in [0.25, 0.3) is 0 Å². The second-order valence-corrected chi connectivity index (χ2v) is 9.04. The Morgan fingerprint density at radius 3 is 2.38 bits per heavy atom. The number of Topliss-reactive ketones (excluding diaryl/α,β-unsaturated/α-hetero) is 1. The lowest BCUT2D eigenvalue weighted by Gasteiger charge is -2.48. The van der Waals surface area contributed by atoms with Crippen molar-refractivity contribution in [2.24, 2.45) is 5.92 Å². The fraction of sp³-hybridized carbons (Fsp3) is 0.652. The van der Waals surface area contributed by atoms with E-state index in [1.54, 1.807) is 7.11 Å². The third kappa shape index (κ3) is 5.64. The Kier molecular flexibility index (Phi) is 6.70. The molecule has 2 unspecified atom stereocenters. The molecule has 29 heavy (non-hydrogen) atoms. The lowest BCUT2D eigenvalue weighted by molar-refractivity contribution is -0.127. The number of piperidine rings is 2. The first kappa shape index (κ1) is 21.5. The van der Waals surface area contributed by atoms with E-state index in [0.29, 0.717) is 18.8 Å². The molecular formula is C23H33NO5. The number of ether oxygens (including phenoxy) is 3. The molecule has 2 atom stereocenters. The van der Waals surface area contributed by atoms with E-state index < -0.39 is 5.60 Å². The predicted octanol–water partition coefficient (Wildman–Crippen LogP) is 4.60. The molecule has 6 nitrogen and oxygen atoms in total. The van der Waals surface area contributed by atoms with Gasteiger partial charge < -0.3 is 19.1 Å². The van der Waals surface area contributed by atoms with Crippen molar-refractivity contribution in [3.63, 3.8) is 0 Å². The fourth-order valence-electron chi connectivity index (χ4n) is 4.42. The summed E-state index contributed by atoms with van der Waals surface area (Å²) < 4.78 is 16.5. The Morgan fingerprint density at radius 1 is 1.10 bits per heavy atom. The highest BCUT2D eigenvalue weighted by molar-refractivity contribution is 5.82. The van der Waals surface area contributed by atoms with Crippen LogP contribution in [-0.2, 0) is 9.53 Å². The van der Waals surface area contributed by atoms with E-state index in [1.807, 2.05) is 49.9 Å². The zero-order valence-corrected chi connectivity index (χ0v) is 18.0. The molecule has 160 valence electrons. The number of benzene rings is 1. The van der Waals surface area contributed by atoms with Crippen LogP contribution in [-0.4, -0.2) is 48.2 Å². The first-order valence-electron chi connectivity index (χ1n) is 10.6. The van der Waals surface area contributed by atoms with Crippen LogP contribution in [0.2, 0.25) is 0 Å². The molecule has 1 amide bonds. The SMILES string of the molecule is COc1cccc(OCCC(=O)C2CC3CCCC(C2)N3C(=O)OC(C)(C)C)c1. The minimum atomic E-state index is -0.504. The number of fused-ring (bicyclic) bond motifs is 2. The third-order valence-electron chi connectivity index (χ3n) is 5.69. The number of nitrogens with zero attached hydrogens (tertiary/aromatic N) is 1. The number of hydrogen-bond donors (Lipinski definition) is 0. The molecule has 1 aromatic rings. The number of carbonyl (C=O) groups excluding carboxylic acids is 2. The summed E-state index contributed by atoms with van der Waals surface area (Å²) in [6.45, 7) is 6.02. The van der Waals surface area contributed by atoms with Crippen molar-refractivity contribution >= 4 is 11.9 Å². The fourth-order valence-corrected chi connectivity index (χ4v) is 4.42. The van der Waals surface area contributed by atoms with Crippen molar-refractivity contribution in [3.05, 3.63) is 24.3 Å².